The first kappa shape index (κ1) is 14.9. The van der Waals surface area contributed by atoms with Crippen molar-refractivity contribution in [2.45, 2.75) is 6.61 Å². The quantitative estimate of drug-likeness (QED) is 0.828. The van der Waals surface area contributed by atoms with Crippen LogP contribution in [0.1, 0.15) is 15.9 Å². The third kappa shape index (κ3) is 3.73. The molecule has 2 rings (SSSR count). The summed E-state index contributed by atoms with van der Waals surface area (Å²) in [7, 11) is 3.21. The van der Waals surface area contributed by atoms with Crippen molar-refractivity contribution < 1.29 is 14.3 Å². The molecule has 0 aliphatic heterocycles. The molecule has 0 bridgehead atoms. The predicted octanol–water partition coefficient (Wildman–Crippen LogP) is 2.57. The lowest BCUT2D eigenvalue weighted by molar-refractivity contribution is 0.0963. The molecule has 110 valence electrons. The molecule has 0 saturated carbocycles. The highest BCUT2D eigenvalue weighted by molar-refractivity contribution is 5.95. The first-order valence-corrected chi connectivity index (χ1v) is 6.51. The van der Waals surface area contributed by atoms with Crippen molar-refractivity contribution in [1.29, 1.82) is 0 Å². The Labute approximate surface area is 123 Å². The average molecular weight is 286 g/mol. The van der Waals surface area contributed by atoms with Gasteiger partial charge in [-0.15, -0.1) is 0 Å². The summed E-state index contributed by atoms with van der Waals surface area (Å²) in [5.74, 6) is 0.906. The fraction of sp³-hybridized carbons (Fsp3) is 0.188. The van der Waals surface area contributed by atoms with Crippen molar-refractivity contribution in [2.75, 3.05) is 19.9 Å². The average Bonchev–Trinajstić information content (AvgIpc) is 2.49. The predicted molar refractivity (Wildman–Crippen MR) is 81.5 cm³/mol. The lowest BCUT2D eigenvalue weighted by atomic mass is 10.1. The second-order valence-corrected chi connectivity index (χ2v) is 4.51. The molecule has 0 aromatic heterocycles. The highest BCUT2D eigenvalue weighted by Gasteiger charge is 2.09. The Morgan fingerprint density at radius 1 is 1.24 bits per heavy atom. The van der Waals surface area contributed by atoms with E-state index in [0.29, 0.717) is 29.4 Å². The van der Waals surface area contributed by atoms with Crippen LogP contribution in [0.4, 0.5) is 5.69 Å². The Kier molecular flexibility index (Phi) is 4.79. The maximum Gasteiger partial charge on any atom is 0.251 e. The smallest absolute Gasteiger partial charge is 0.251 e. The normalized spacial score (nSPS) is 10.2. The van der Waals surface area contributed by atoms with Gasteiger partial charge < -0.3 is 20.5 Å². The Morgan fingerprint density at radius 3 is 2.76 bits per heavy atom. The van der Waals surface area contributed by atoms with Crippen LogP contribution in [0, 0.1) is 0 Å². The van der Waals surface area contributed by atoms with Crippen molar-refractivity contribution in [2.24, 2.45) is 0 Å². The van der Waals surface area contributed by atoms with E-state index in [1.165, 1.54) is 0 Å². The van der Waals surface area contributed by atoms with Gasteiger partial charge in [0.1, 0.15) is 5.75 Å². The van der Waals surface area contributed by atoms with Crippen molar-refractivity contribution >= 4 is 11.6 Å². The molecule has 0 unspecified atom stereocenters. The van der Waals surface area contributed by atoms with Crippen LogP contribution in [0.3, 0.4) is 0 Å². The van der Waals surface area contributed by atoms with Crippen LogP contribution in [0.2, 0.25) is 0 Å². The Morgan fingerprint density at radius 2 is 2.05 bits per heavy atom. The summed E-state index contributed by atoms with van der Waals surface area (Å²) in [6.07, 6.45) is 0. The summed E-state index contributed by atoms with van der Waals surface area (Å²) in [4.78, 5) is 11.6. The largest absolute Gasteiger partial charge is 0.455 e. The summed E-state index contributed by atoms with van der Waals surface area (Å²) in [6.45, 7) is 0.505. The van der Waals surface area contributed by atoms with Gasteiger partial charge in [0.15, 0.2) is 5.75 Å². The van der Waals surface area contributed by atoms with Gasteiger partial charge in [0.05, 0.1) is 12.3 Å². The molecule has 0 saturated heterocycles. The highest BCUT2D eigenvalue weighted by atomic mass is 16.5. The monoisotopic (exact) mass is 286 g/mol. The number of ether oxygens (including phenoxy) is 2. The highest BCUT2D eigenvalue weighted by Crippen LogP contribution is 2.29. The van der Waals surface area contributed by atoms with Gasteiger partial charge in [-0.2, -0.15) is 0 Å². The van der Waals surface area contributed by atoms with Crippen LogP contribution in [0.5, 0.6) is 11.5 Å². The number of nitrogens with one attached hydrogen (secondary N) is 1. The van der Waals surface area contributed by atoms with E-state index in [-0.39, 0.29) is 5.91 Å². The van der Waals surface area contributed by atoms with Crippen LogP contribution < -0.4 is 15.8 Å². The zero-order valence-corrected chi connectivity index (χ0v) is 12.1. The van der Waals surface area contributed by atoms with Crippen LogP contribution in [-0.2, 0) is 11.3 Å². The van der Waals surface area contributed by atoms with E-state index < -0.39 is 0 Å². The number of nitrogens with two attached hydrogens (primary N) is 1. The minimum absolute atomic E-state index is 0.187. The van der Waals surface area contributed by atoms with Gasteiger partial charge in [-0.05, 0) is 35.9 Å². The van der Waals surface area contributed by atoms with E-state index in [1.807, 2.05) is 24.3 Å². The second kappa shape index (κ2) is 6.76. The van der Waals surface area contributed by atoms with Crippen molar-refractivity contribution in [3.8, 4) is 11.5 Å². The summed E-state index contributed by atoms with van der Waals surface area (Å²) in [5.41, 5.74) is 7.86. The van der Waals surface area contributed by atoms with Crippen molar-refractivity contribution in [3.05, 3.63) is 53.6 Å². The van der Waals surface area contributed by atoms with Gasteiger partial charge in [0, 0.05) is 19.7 Å². The lowest BCUT2D eigenvalue weighted by Crippen LogP contribution is -2.17. The van der Waals surface area contributed by atoms with E-state index in [9.17, 15) is 4.79 Å². The van der Waals surface area contributed by atoms with Gasteiger partial charge in [-0.25, -0.2) is 0 Å². The molecule has 0 fully saturated rings. The van der Waals surface area contributed by atoms with Crippen LogP contribution in [0.15, 0.2) is 42.5 Å². The number of rotatable bonds is 5. The molecule has 0 atom stereocenters. The van der Waals surface area contributed by atoms with Gasteiger partial charge >= 0.3 is 0 Å². The molecule has 0 aliphatic rings. The zero-order chi connectivity index (χ0) is 15.2. The molecule has 0 spiro atoms. The lowest BCUT2D eigenvalue weighted by Gasteiger charge is -2.11. The topological polar surface area (TPSA) is 73.6 Å². The molecular weight excluding hydrogens is 268 g/mol. The minimum atomic E-state index is -0.187. The van der Waals surface area contributed by atoms with Crippen LogP contribution >= 0.6 is 0 Å². The first-order valence-electron chi connectivity index (χ1n) is 6.51. The van der Waals surface area contributed by atoms with E-state index in [0.717, 1.165) is 5.56 Å². The van der Waals surface area contributed by atoms with Gasteiger partial charge in [-0.1, -0.05) is 12.1 Å². The summed E-state index contributed by atoms with van der Waals surface area (Å²) < 4.78 is 10.9. The third-order valence-electron chi connectivity index (χ3n) is 2.94. The number of hydrogen-bond acceptors (Lipinski definition) is 4. The molecule has 2 aromatic rings. The maximum absolute atomic E-state index is 11.6. The SMILES string of the molecule is CNC(=O)c1ccc(N)c(Oc2cccc(COC)c2)c1. The number of benzene rings is 2. The summed E-state index contributed by atoms with van der Waals surface area (Å²) >= 11 is 0. The summed E-state index contributed by atoms with van der Waals surface area (Å²) in [5, 5.41) is 2.57. The maximum atomic E-state index is 11.6. The Balaban J connectivity index is 2.26. The first-order chi connectivity index (χ1) is 10.1. The fourth-order valence-electron chi connectivity index (χ4n) is 1.90. The number of nitrogen functional groups attached to an aromatic ring is 1. The number of hydrogen-bond donors (Lipinski definition) is 2. The second-order valence-electron chi connectivity index (χ2n) is 4.51. The molecule has 1 amide bonds. The molecule has 2 aromatic carbocycles. The molecule has 5 nitrogen and oxygen atoms in total. The van der Waals surface area contributed by atoms with Crippen molar-refractivity contribution in [3.63, 3.8) is 0 Å². The van der Waals surface area contributed by atoms with Crippen molar-refractivity contribution in [1.82, 2.24) is 5.32 Å². The molecule has 0 aliphatic carbocycles. The number of carbonyl (C=O) groups is 1. The van der Waals surface area contributed by atoms with Gasteiger partial charge in [-0.3, -0.25) is 4.79 Å². The molecule has 21 heavy (non-hydrogen) atoms. The molecule has 0 radical (unpaired) electrons. The van der Waals surface area contributed by atoms with Crippen LogP contribution in [0.25, 0.3) is 0 Å². The van der Waals surface area contributed by atoms with Crippen LogP contribution in [-0.4, -0.2) is 20.1 Å². The standard InChI is InChI=1S/C16H18N2O3/c1-18-16(19)12-6-7-14(17)15(9-12)21-13-5-3-4-11(8-13)10-20-2/h3-9H,10,17H2,1-2H3,(H,18,19). The molecule has 3 N–H and O–H groups in total. The van der Waals surface area contributed by atoms with Gasteiger partial charge in [0.25, 0.3) is 5.91 Å². The molecule has 0 heterocycles. The fourth-order valence-corrected chi connectivity index (χ4v) is 1.90. The molecule has 5 heteroatoms. The number of methoxy groups -OCH3 is 1. The number of anilines is 1. The van der Waals surface area contributed by atoms with E-state index in [2.05, 4.69) is 5.32 Å². The minimum Gasteiger partial charge on any atom is -0.455 e. The Bertz CT molecular complexity index is 641. The van der Waals surface area contributed by atoms with Gasteiger partial charge in [0.2, 0.25) is 0 Å². The Hall–Kier alpha value is -2.53. The zero-order valence-electron chi connectivity index (χ0n) is 12.1. The third-order valence-corrected chi connectivity index (χ3v) is 2.94. The number of carbonyl (C=O) groups excluding carboxylic acids is 1. The molecular formula is C16H18N2O3. The number of amides is 1. The van der Waals surface area contributed by atoms with E-state index in [4.69, 9.17) is 15.2 Å². The van der Waals surface area contributed by atoms with E-state index >= 15 is 0 Å². The summed E-state index contributed by atoms with van der Waals surface area (Å²) in [6, 6.07) is 12.4. The van der Waals surface area contributed by atoms with E-state index in [1.54, 1.807) is 32.4 Å².